The van der Waals surface area contributed by atoms with Gasteiger partial charge in [-0.1, -0.05) is 0 Å². The summed E-state index contributed by atoms with van der Waals surface area (Å²) in [5, 5.41) is 12.8. The zero-order valence-electron chi connectivity index (χ0n) is 11.3. The number of thiophene rings is 1. The number of rotatable bonds is 5. The van der Waals surface area contributed by atoms with Gasteiger partial charge in [-0.15, -0.1) is 11.3 Å². The lowest BCUT2D eigenvalue weighted by Gasteiger charge is -2.15. The molecule has 2 fully saturated rings. The zero-order chi connectivity index (χ0) is 14.5. The van der Waals surface area contributed by atoms with Gasteiger partial charge in [-0.25, -0.2) is 8.42 Å². The van der Waals surface area contributed by atoms with Crippen molar-refractivity contribution >= 4 is 31.9 Å². The maximum Gasteiger partial charge on any atom is 0.180 e. The van der Waals surface area contributed by atoms with Crippen molar-refractivity contribution in [3.63, 3.8) is 0 Å². The molecule has 1 aromatic rings. The lowest BCUT2D eigenvalue weighted by molar-refractivity contribution is 0.467. The van der Waals surface area contributed by atoms with Crippen molar-refractivity contribution < 1.29 is 8.42 Å². The van der Waals surface area contributed by atoms with E-state index in [1.165, 1.54) is 25.7 Å². The summed E-state index contributed by atoms with van der Waals surface area (Å²) in [7, 11) is -3.43. The fraction of sp³-hybridized carbons (Fsp3) is 0.615. The Morgan fingerprint density at radius 3 is 2.60 bits per heavy atom. The minimum absolute atomic E-state index is 0.0822. The topological polar surface area (TPSA) is 96.0 Å². The Hall–Kier alpha value is -1.26. The summed E-state index contributed by atoms with van der Waals surface area (Å²) in [5.41, 5.74) is 6.24. The third kappa shape index (κ3) is 2.27. The van der Waals surface area contributed by atoms with Crippen LogP contribution in [0, 0.1) is 22.7 Å². The molecule has 0 aromatic carbocycles. The number of nitriles is 1. The predicted molar refractivity (Wildman–Crippen MR) is 79.4 cm³/mol. The number of sulfone groups is 1. The van der Waals surface area contributed by atoms with E-state index in [9.17, 15) is 8.42 Å². The first-order valence-electron chi connectivity index (χ1n) is 6.64. The van der Waals surface area contributed by atoms with Gasteiger partial charge in [0.2, 0.25) is 0 Å². The summed E-state index contributed by atoms with van der Waals surface area (Å²) in [5.74, 6) is 0.796. The lowest BCUT2D eigenvalue weighted by atomic mass is 10.0. The fourth-order valence-corrected chi connectivity index (χ4v) is 5.20. The molecule has 2 aliphatic rings. The van der Waals surface area contributed by atoms with Crippen molar-refractivity contribution in [1.82, 2.24) is 0 Å². The first-order chi connectivity index (χ1) is 9.37. The Labute approximate surface area is 122 Å². The molecule has 2 saturated carbocycles. The van der Waals surface area contributed by atoms with Crippen LogP contribution in [0.25, 0.3) is 0 Å². The average molecular weight is 311 g/mol. The van der Waals surface area contributed by atoms with E-state index >= 15 is 0 Å². The monoisotopic (exact) mass is 311 g/mol. The molecule has 2 aliphatic carbocycles. The van der Waals surface area contributed by atoms with Gasteiger partial charge in [0.15, 0.2) is 9.84 Å². The van der Waals surface area contributed by atoms with Gasteiger partial charge in [0.1, 0.15) is 20.8 Å². The molecule has 0 aliphatic heterocycles. The first-order valence-corrected chi connectivity index (χ1v) is 9.34. The molecule has 0 amide bonds. The summed E-state index contributed by atoms with van der Waals surface area (Å²) in [4.78, 5) is 0.356. The Bertz CT molecular complexity index is 692. The highest BCUT2D eigenvalue weighted by Crippen LogP contribution is 2.61. The minimum Gasteiger partial charge on any atom is -0.396 e. The number of nitrogens with zero attached hydrogens (tertiary/aromatic N) is 1. The number of anilines is 2. The van der Waals surface area contributed by atoms with Crippen molar-refractivity contribution in [3.05, 3.63) is 4.88 Å². The van der Waals surface area contributed by atoms with E-state index in [4.69, 9.17) is 11.0 Å². The fourth-order valence-electron chi connectivity index (χ4n) is 2.84. The molecule has 0 atom stereocenters. The first kappa shape index (κ1) is 13.7. The highest BCUT2D eigenvalue weighted by Gasteiger charge is 2.53. The Morgan fingerprint density at radius 1 is 1.50 bits per heavy atom. The molecule has 0 spiro atoms. The molecular weight excluding hydrogens is 294 g/mol. The number of nitrogens with two attached hydrogens (primary N) is 1. The van der Waals surface area contributed by atoms with E-state index < -0.39 is 9.84 Å². The molecule has 3 N–H and O–H groups in total. The van der Waals surface area contributed by atoms with Gasteiger partial charge in [-0.05, 0) is 37.0 Å². The van der Waals surface area contributed by atoms with Crippen LogP contribution < -0.4 is 11.1 Å². The van der Waals surface area contributed by atoms with E-state index in [-0.39, 0.29) is 15.5 Å². The van der Waals surface area contributed by atoms with Crippen LogP contribution >= 0.6 is 11.3 Å². The summed E-state index contributed by atoms with van der Waals surface area (Å²) < 4.78 is 23.7. The molecule has 1 aromatic heterocycles. The number of hydrogen-bond donors (Lipinski definition) is 2. The number of nitrogen functional groups attached to an aromatic ring is 1. The molecule has 3 rings (SSSR count). The minimum atomic E-state index is -3.43. The van der Waals surface area contributed by atoms with Gasteiger partial charge in [-0.2, -0.15) is 5.26 Å². The molecule has 7 heteroatoms. The molecule has 0 unspecified atom stereocenters. The van der Waals surface area contributed by atoms with Crippen molar-refractivity contribution in [3.8, 4) is 6.07 Å². The van der Waals surface area contributed by atoms with Gasteiger partial charge >= 0.3 is 0 Å². The summed E-state index contributed by atoms with van der Waals surface area (Å²) in [6.45, 7) is 0.783. The number of nitrogens with one attached hydrogen (secondary N) is 1. The van der Waals surface area contributed by atoms with Crippen LogP contribution in [0.3, 0.4) is 0 Å². The Kier molecular flexibility index (Phi) is 2.99. The van der Waals surface area contributed by atoms with Crippen molar-refractivity contribution in [2.24, 2.45) is 11.3 Å². The van der Waals surface area contributed by atoms with E-state index in [0.29, 0.717) is 10.4 Å². The molecule has 0 bridgehead atoms. The molecule has 0 saturated heterocycles. The zero-order valence-corrected chi connectivity index (χ0v) is 12.9. The van der Waals surface area contributed by atoms with E-state index in [0.717, 1.165) is 30.1 Å². The maximum absolute atomic E-state index is 11.9. The van der Waals surface area contributed by atoms with Gasteiger partial charge in [0.25, 0.3) is 0 Å². The van der Waals surface area contributed by atoms with Crippen LogP contribution in [-0.2, 0) is 9.84 Å². The van der Waals surface area contributed by atoms with E-state index in [1.807, 2.05) is 6.07 Å². The molecule has 20 heavy (non-hydrogen) atoms. The van der Waals surface area contributed by atoms with Crippen LogP contribution in [0.1, 0.15) is 30.6 Å². The third-order valence-corrected chi connectivity index (χ3v) is 6.67. The summed E-state index contributed by atoms with van der Waals surface area (Å²) >= 11 is 1.14. The molecule has 1 heterocycles. The van der Waals surface area contributed by atoms with Crippen LogP contribution in [0.15, 0.2) is 4.90 Å². The standard InChI is InChI=1S/C13H17N3O2S2/c1-20(17,18)11-10(15)9(6-14)19-12(11)16-7-13(4-5-13)8-2-3-8/h8,16H,2-5,7,15H2,1H3. The predicted octanol–water partition coefficient (Wildman–Crippen LogP) is 2.21. The second-order valence-corrected chi connectivity index (χ2v) is 8.85. The quantitative estimate of drug-likeness (QED) is 0.869. The van der Waals surface area contributed by atoms with Crippen LogP contribution in [0.4, 0.5) is 10.7 Å². The maximum atomic E-state index is 11.9. The second kappa shape index (κ2) is 4.37. The van der Waals surface area contributed by atoms with Gasteiger partial charge in [0.05, 0.1) is 5.69 Å². The SMILES string of the molecule is CS(=O)(=O)c1c(NCC2(C3CC3)CC2)sc(C#N)c1N. The molecule has 108 valence electrons. The second-order valence-electron chi connectivity index (χ2n) is 5.88. The van der Waals surface area contributed by atoms with Crippen LogP contribution in [-0.4, -0.2) is 21.2 Å². The van der Waals surface area contributed by atoms with Gasteiger partial charge < -0.3 is 11.1 Å². The summed E-state index contributed by atoms with van der Waals surface area (Å²) in [6.07, 6.45) is 6.13. The normalized spacial score (nSPS) is 20.4. The van der Waals surface area contributed by atoms with Crippen molar-refractivity contribution in [2.45, 2.75) is 30.6 Å². The Morgan fingerprint density at radius 2 is 2.15 bits per heavy atom. The average Bonchev–Trinajstić information content (AvgIpc) is 3.22. The smallest absolute Gasteiger partial charge is 0.180 e. The van der Waals surface area contributed by atoms with E-state index in [1.54, 1.807) is 0 Å². The van der Waals surface area contributed by atoms with E-state index in [2.05, 4.69) is 5.32 Å². The highest BCUT2D eigenvalue weighted by atomic mass is 32.2. The third-order valence-electron chi connectivity index (χ3n) is 4.31. The number of hydrogen-bond acceptors (Lipinski definition) is 6. The summed E-state index contributed by atoms with van der Waals surface area (Å²) in [6, 6.07) is 1.97. The molecule has 5 nitrogen and oxygen atoms in total. The lowest BCUT2D eigenvalue weighted by Crippen LogP contribution is -2.18. The van der Waals surface area contributed by atoms with Gasteiger partial charge in [-0.3, -0.25) is 0 Å². The van der Waals surface area contributed by atoms with Crippen LogP contribution in [0.5, 0.6) is 0 Å². The molecule has 0 radical (unpaired) electrons. The highest BCUT2D eigenvalue weighted by molar-refractivity contribution is 7.91. The van der Waals surface area contributed by atoms with Crippen molar-refractivity contribution in [1.29, 1.82) is 5.26 Å². The largest absolute Gasteiger partial charge is 0.396 e. The van der Waals surface area contributed by atoms with Crippen LogP contribution in [0.2, 0.25) is 0 Å². The molecular formula is C13H17N3O2S2. The Balaban J connectivity index is 1.87. The van der Waals surface area contributed by atoms with Gasteiger partial charge in [0, 0.05) is 12.8 Å². The van der Waals surface area contributed by atoms with Crippen molar-refractivity contribution in [2.75, 3.05) is 23.9 Å².